The molecule has 0 radical (unpaired) electrons. The smallest absolute Gasteiger partial charge is 0.357 e. The Kier molecular flexibility index (Phi) is 6.35. The molecule has 0 fully saturated rings. The number of benzene rings is 2. The molecule has 0 bridgehead atoms. The molecule has 0 saturated carbocycles. The second-order valence-corrected chi connectivity index (χ2v) is 8.55. The van der Waals surface area contributed by atoms with Gasteiger partial charge in [-0.05, 0) is 56.5 Å². The first-order valence-electron chi connectivity index (χ1n) is 9.31. The van der Waals surface area contributed by atoms with Crippen molar-refractivity contribution in [3.05, 3.63) is 76.1 Å². The summed E-state index contributed by atoms with van der Waals surface area (Å²) < 4.78 is 24.7. The number of anilines is 1. The highest BCUT2D eigenvalue weighted by atomic mass is 31.2. The van der Waals surface area contributed by atoms with Crippen LogP contribution < -0.4 is 10.9 Å². The first-order chi connectivity index (χ1) is 13.5. The van der Waals surface area contributed by atoms with Crippen LogP contribution in [0.1, 0.15) is 30.8 Å². The second kappa shape index (κ2) is 8.74. The van der Waals surface area contributed by atoms with E-state index < -0.39 is 13.4 Å². The molecule has 1 unspecified atom stereocenters. The van der Waals surface area contributed by atoms with Crippen molar-refractivity contribution in [1.29, 1.82) is 0 Å². The highest BCUT2D eigenvalue weighted by molar-refractivity contribution is 7.54. The maximum Gasteiger partial charge on any atom is 0.357 e. The van der Waals surface area contributed by atoms with Crippen LogP contribution in [-0.2, 0) is 13.6 Å². The summed E-state index contributed by atoms with van der Waals surface area (Å²) in [6.45, 7) is 5.89. The number of nitrogens with one attached hydrogen (secondary N) is 2. The quantitative estimate of drug-likeness (QED) is 0.507. The predicted octanol–water partition coefficient (Wildman–Crippen LogP) is 5.21. The van der Waals surface area contributed by atoms with Gasteiger partial charge in [-0.25, -0.2) is 0 Å². The molecule has 0 aliphatic carbocycles. The van der Waals surface area contributed by atoms with Crippen LogP contribution in [0.25, 0.3) is 10.9 Å². The van der Waals surface area contributed by atoms with Crippen LogP contribution in [0.4, 0.5) is 5.69 Å². The number of pyridine rings is 1. The predicted molar refractivity (Wildman–Crippen MR) is 113 cm³/mol. The summed E-state index contributed by atoms with van der Waals surface area (Å²) in [5.74, 6) is -0.941. The van der Waals surface area contributed by atoms with Crippen molar-refractivity contribution in [2.45, 2.75) is 26.6 Å². The van der Waals surface area contributed by atoms with Gasteiger partial charge in [0.25, 0.3) is 5.56 Å². The number of aromatic amines is 1. The van der Waals surface area contributed by atoms with Crippen LogP contribution in [0.15, 0.2) is 59.4 Å². The average molecular weight is 400 g/mol. The Balaban J connectivity index is 2.17. The fourth-order valence-corrected chi connectivity index (χ4v) is 5.04. The van der Waals surface area contributed by atoms with Gasteiger partial charge in [0.15, 0.2) is 5.78 Å². The maximum absolute atomic E-state index is 13.6. The highest BCUT2D eigenvalue weighted by Gasteiger charge is 2.38. The lowest BCUT2D eigenvalue weighted by Crippen LogP contribution is -2.23. The molecule has 3 rings (SSSR count). The van der Waals surface area contributed by atoms with Crippen LogP contribution in [0.3, 0.4) is 0 Å². The van der Waals surface area contributed by atoms with E-state index in [1.807, 2.05) is 55.5 Å². The summed E-state index contributed by atoms with van der Waals surface area (Å²) >= 11 is 0. The van der Waals surface area contributed by atoms with Gasteiger partial charge in [-0.15, -0.1) is 0 Å². The summed E-state index contributed by atoms with van der Waals surface area (Å²) in [5.41, 5.74) is 2.49. The van der Waals surface area contributed by atoms with Gasteiger partial charge in [0.05, 0.1) is 18.8 Å². The van der Waals surface area contributed by atoms with Crippen molar-refractivity contribution < 1.29 is 13.6 Å². The van der Waals surface area contributed by atoms with E-state index in [1.165, 1.54) is 0 Å². The third-order valence-electron chi connectivity index (χ3n) is 4.33. The molecule has 6 nitrogen and oxygen atoms in total. The van der Waals surface area contributed by atoms with Gasteiger partial charge in [0.2, 0.25) is 0 Å². The van der Waals surface area contributed by atoms with Gasteiger partial charge in [0.1, 0.15) is 0 Å². The van der Waals surface area contributed by atoms with E-state index in [0.717, 1.165) is 22.2 Å². The van der Waals surface area contributed by atoms with Gasteiger partial charge in [-0.1, -0.05) is 29.8 Å². The first kappa shape index (κ1) is 20.3. The zero-order valence-corrected chi connectivity index (χ0v) is 17.2. The molecule has 148 valence electrons. The second-order valence-electron chi connectivity index (χ2n) is 6.43. The number of hydrogen-bond donors (Lipinski definition) is 2. The summed E-state index contributed by atoms with van der Waals surface area (Å²) in [5, 5.41) is 4.05. The molecule has 2 aromatic carbocycles. The maximum atomic E-state index is 13.6. The molecule has 0 amide bonds. The van der Waals surface area contributed by atoms with Crippen molar-refractivity contribution in [3.63, 3.8) is 0 Å². The van der Waals surface area contributed by atoms with Gasteiger partial charge in [0, 0.05) is 11.2 Å². The van der Waals surface area contributed by atoms with Gasteiger partial charge in [-0.3, -0.25) is 9.36 Å². The Hall–Kier alpha value is -2.40. The molecule has 0 aliphatic rings. The number of fused-ring (bicyclic) bond motifs is 1. The fraction of sp³-hybridized carbons (Fsp3) is 0.286. The molecule has 0 spiro atoms. The van der Waals surface area contributed by atoms with E-state index in [0.29, 0.717) is 5.56 Å². The third-order valence-corrected chi connectivity index (χ3v) is 6.61. The zero-order valence-electron chi connectivity index (χ0n) is 16.3. The Labute approximate surface area is 164 Å². The van der Waals surface area contributed by atoms with Crippen molar-refractivity contribution in [2.75, 3.05) is 18.5 Å². The number of H-pyrrole nitrogens is 1. The van der Waals surface area contributed by atoms with E-state index in [9.17, 15) is 9.36 Å². The molecule has 7 heteroatoms. The lowest BCUT2D eigenvalue weighted by molar-refractivity contribution is 0.214. The number of hydrogen-bond acceptors (Lipinski definition) is 5. The minimum atomic E-state index is -3.66. The normalized spacial score (nSPS) is 12.8. The van der Waals surface area contributed by atoms with E-state index in [-0.39, 0.29) is 18.8 Å². The average Bonchev–Trinajstić information content (AvgIpc) is 2.67. The van der Waals surface area contributed by atoms with Crippen molar-refractivity contribution in [2.24, 2.45) is 0 Å². The number of para-hydroxylation sites is 1. The summed E-state index contributed by atoms with van der Waals surface area (Å²) in [4.78, 5) is 15.8. The molecule has 0 aliphatic heterocycles. The Morgan fingerprint density at radius 2 is 1.71 bits per heavy atom. The van der Waals surface area contributed by atoms with Crippen LogP contribution in [0.2, 0.25) is 0 Å². The van der Waals surface area contributed by atoms with Crippen molar-refractivity contribution in [1.82, 2.24) is 4.98 Å². The number of aryl methyl sites for hydroxylation is 1. The molecule has 1 aromatic heterocycles. The highest BCUT2D eigenvalue weighted by Crippen LogP contribution is 2.60. The Morgan fingerprint density at radius 3 is 2.36 bits per heavy atom. The summed E-state index contributed by atoms with van der Waals surface area (Å²) in [7, 11) is -3.66. The zero-order chi connectivity index (χ0) is 20.1. The molecule has 1 heterocycles. The molecule has 0 saturated heterocycles. The van der Waals surface area contributed by atoms with Gasteiger partial charge >= 0.3 is 7.60 Å². The summed E-state index contributed by atoms with van der Waals surface area (Å²) in [6, 6.07) is 16.8. The standard InChI is InChI=1S/C21H25N2O4P/c1-4-26-28(25,27-5-2)21(22-17-9-7-6-8-10-17)18-14-16-13-15(3)11-12-19(16)23-20(18)24/h6-14,21-22H,4-5H2,1-3H3,(H,23,24). The Morgan fingerprint density at radius 1 is 1.04 bits per heavy atom. The number of aromatic nitrogens is 1. The minimum Gasteiger partial charge on any atom is -0.368 e. The van der Waals surface area contributed by atoms with E-state index in [1.54, 1.807) is 19.9 Å². The molecule has 3 aromatic rings. The van der Waals surface area contributed by atoms with E-state index >= 15 is 0 Å². The SMILES string of the molecule is CCOP(=O)(OCC)C(Nc1ccccc1)c1cc2cc(C)ccc2[nH]c1=O. The largest absolute Gasteiger partial charge is 0.368 e. The van der Waals surface area contributed by atoms with Crippen LogP contribution in [0, 0.1) is 6.92 Å². The van der Waals surface area contributed by atoms with E-state index in [2.05, 4.69) is 10.3 Å². The summed E-state index contributed by atoms with van der Waals surface area (Å²) in [6.07, 6.45) is 0. The molecule has 28 heavy (non-hydrogen) atoms. The van der Waals surface area contributed by atoms with Gasteiger partial charge in [-0.2, -0.15) is 0 Å². The Bertz CT molecular complexity index is 1040. The molecular formula is C21H25N2O4P. The number of rotatable bonds is 8. The fourth-order valence-electron chi connectivity index (χ4n) is 3.11. The molecular weight excluding hydrogens is 375 g/mol. The third kappa shape index (κ3) is 4.36. The topological polar surface area (TPSA) is 80.4 Å². The minimum absolute atomic E-state index is 0.203. The van der Waals surface area contributed by atoms with Crippen LogP contribution in [0.5, 0.6) is 0 Å². The van der Waals surface area contributed by atoms with Gasteiger partial charge < -0.3 is 19.3 Å². The van der Waals surface area contributed by atoms with Crippen LogP contribution in [-0.4, -0.2) is 18.2 Å². The molecule has 2 N–H and O–H groups in total. The first-order valence-corrected chi connectivity index (χ1v) is 10.9. The van der Waals surface area contributed by atoms with Crippen LogP contribution >= 0.6 is 7.60 Å². The monoisotopic (exact) mass is 400 g/mol. The molecule has 1 atom stereocenters. The lowest BCUT2D eigenvalue weighted by Gasteiger charge is -2.27. The van der Waals surface area contributed by atoms with E-state index in [4.69, 9.17) is 9.05 Å². The lowest BCUT2D eigenvalue weighted by atomic mass is 10.1. The van der Waals surface area contributed by atoms with Crippen molar-refractivity contribution in [3.8, 4) is 0 Å². The van der Waals surface area contributed by atoms with Crippen molar-refractivity contribution >= 4 is 24.2 Å².